The van der Waals surface area contributed by atoms with E-state index < -0.39 is 24.1 Å². The van der Waals surface area contributed by atoms with Crippen molar-refractivity contribution < 1.29 is 19.1 Å². The van der Waals surface area contributed by atoms with Crippen molar-refractivity contribution in [3.63, 3.8) is 0 Å². The Balaban J connectivity index is 2.18. The molecule has 7 heteroatoms. The Morgan fingerprint density at radius 2 is 2.28 bits per heavy atom. The first-order valence-corrected chi connectivity index (χ1v) is 5.42. The highest BCUT2D eigenvalue weighted by Gasteiger charge is 2.47. The minimum atomic E-state index is -2.35. The van der Waals surface area contributed by atoms with Crippen LogP contribution >= 0.6 is 0 Å². The highest BCUT2D eigenvalue weighted by atomic mass is 19.1. The van der Waals surface area contributed by atoms with Gasteiger partial charge in [0.2, 0.25) is 5.67 Å². The van der Waals surface area contributed by atoms with Crippen LogP contribution in [0.3, 0.4) is 0 Å². The molecule has 0 spiro atoms. The molecule has 1 saturated heterocycles. The summed E-state index contributed by atoms with van der Waals surface area (Å²) >= 11 is 0. The molecule has 0 radical (unpaired) electrons. The maximum absolute atomic E-state index is 13.8. The van der Waals surface area contributed by atoms with Crippen molar-refractivity contribution in [3.05, 3.63) is 23.8 Å². The third-order valence-electron chi connectivity index (χ3n) is 3.03. The molecule has 96 valence electrons. The van der Waals surface area contributed by atoms with Crippen LogP contribution in [0, 0.1) is 6.92 Å². The fourth-order valence-electron chi connectivity index (χ4n) is 1.89. The summed E-state index contributed by atoms with van der Waals surface area (Å²) in [5.41, 5.74) is -1.59. The van der Waals surface area contributed by atoms with Crippen molar-refractivity contribution in [2.75, 3.05) is 13.1 Å². The van der Waals surface area contributed by atoms with E-state index in [1.807, 2.05) is 0 Å². The third kappa shape index (κ3) is 2.03. The number of alkyl halides is 1. The van der Waals surface area contributed by atoms with E-state index in [1.54, 1.807) is 6.92 Å². The first kappa shape index (κ1) is 12.4. The number of amides is 1. The van der Waals surface area contributed by atoms with Gasteiger partial charge in [0.05, 0.1) is 17.8 Å². The van der Waals surface area contributed by atoms with Crippen molar-refractivity contribution in [1.82, 2.24) is 14.9 Å². The number of carbonyl (C=O) groups excluding carboxylic acids is 1. The third-order valence-corrected chi connectivity index (χ3v) is 3.03. The average molecular weight is 253 g/mol. The van der Waals surface area contributed by atoms with Gasteiger partial charge in [0.15, 0.2) is 0 Å². The molecule has 2 rings (SSSR count). The lowest BCUT2D eigenvalue weighted by molar-refractivity contribution is -0.149. The SMILES string of the molecule is Cc1ncncc1C(=O)N1CCC(F)(C(=O)O)C1. The molecule has 2 heterocycles. The van der Waals surface area contributed by atoms with Crippen LogP contribution in [0.5, 0.6) is 0 Å². The van der Waals surface area contributed by atoms with Crippen molar-refractivity contribution in [1.29, 1.82) is 0 Å². The van der Waals surface area contributed by atoms with Gasteiger partial charge in [-0.15, -0.1) is 0 Å². The number of rotatable bonds is 2. The predicted octanol–water partition coefficient (Wildman–Crippen LogP) is 0.424. The van der Waals surface area contributed by atoms with Gasteiger partial charge in [-0.2, -0.15) is 0 Å². The van der Waals surface area contributed by atoms with Gasteiger partial charge in [0, 0.05) is 19.2 Å². The number of nitrogens with zero attached hydrogens (tertiary/aromatic N) is 3. The smallest absolute Gasteiger partial charge is 0.343 e. The summed E-state index contributed by atoms with van der Waals surface area (Å²) in [6, 6.07) is 0. The molecular weight excluding hydrogens is 241 g/mol. The zero-order valence-electron chi connectivity index (χ0n) is 9.76. The lowest BCUT2D eigenvalue weighted by Gasteiger charge is -2.18. The molecule has 0 saturated carbocycles. The van der Waals surface area contributed by atoms with E-state index in [0.717, 1.165) is 0 Å². The number of carbonyl (C=O) groups is 2. The van der Waals surface area contributed by atoms with E-state index in [1.165, 1.54) is 17.4 Å². The molecule has 1 aromatic rings. The molecule has 1 aromatic heterocycles. The molecule has 1 aliphatic rings. The summed E-state index contributed by atoms with van der Waals surface area (Å²) in [4.78, 5) is 31.6. The van der Waals surface area contributed by atoms with Gasteiger partial charge in [0.25, 0.3) is 5.91 Å². The van der Waals surface area contributed by atoms with Crippen LogP contribution in [0.2, 0.25) is 0 Å². The second-order valence-corrected chi connectivity index (χ2v) is 4.27. The summed E-state index contributed by atoms with van der Waals surface area (Å²) < 4.78 is 13.8. The van der Waals surface area contributed by atoms with Crippen molar-refractivity contribution >= 4 is 11.9 Å². The first-order valence-electron chi connectivity index (χ1n) is 5.42. The van der Waals surface area contributed by atoms with E-state index in [-0.39, 0.29) is 18.5 Å². The minimum absolute atomic E-state index is 0.0793. The van der Waals surface area contributed by atoms with Gasteiger partial charge < -0.3 is 10.0 Å². The Kier molecular flexibility index (Phi) is 2.98. The second kappa shape index (κ2) is 4.32. The Morgan fingerprint density at radius 1 is 1.56 bits per heavy atom. The number of aryl methyl sites for hydroxylation is 1. The monoisotopic (exact) mass is 253 g/mol. The largest absolute Gasteiger partial charge is 0.479 e. The van der Waals surface area contributed by atoms with Crippen molar-refractivity contribution in [3.8, 4) is 0 Å². The number of likely N-dealkylation sites (tertiary alicyclic amines) is 1. The Labute approximate surface area is 102 Å². The summed E-state index contributed by atoms with van der Waals surface area (Å²) in [5.74, 6) is -1.97. The summed E-state index contributed by atoms with van der Waals surface area (Å²) in [6.07, 6.45) is 2.47. The number of carboxylic acid groups (broad SMARTS) is 1. The number of hydrogen-bond acceptors (Lipinski definition) is 4. The fourth-order valence-corrected chi connectivity index (χ4v) is 1.89. The molecule has 6 nitrogen and oxygen atoms in total. The zero-order valence-corrected chi connectivity index (χ0v) is 9.76. The van der Waals surface area contributed by atoms with Crippen molar-refractivity contribution in [2.45, 2.75) is 19.0 Å². The number of aliphatic carboxylic acids is 1. The quantitative estimate of drug-likeness (QED) is 0.826. The molecule has 0 aliphatic carbocycles. The van der Waals surface area contributed by atoms with Crippen LogP contribution in [0.25, 0.3) is 0 Å². The lowest BCUT2D eigenvalue weighted by Crippen LogP contribution is -2.39. The average Bonchev–Trinajstić information content (AvgIpc) is 2.73. The van der Waals surface area contributed by atoms with Crippen LogP contribution in [0.15, 0.2) is 12.5 Å². The summed E-state index contributed by atoms with van der Waals surface area (Å²) in [6.45, 7) is 1.29. The van der Waals surface area contributed by atoms with Crippen LogP contribution < -0.4 is 0 Å². The summed E-state index contributed by atoms with van der Waals surface area (Å²) in [7, 11) is 0. The number of carboxylic acids is 1. The standard InChI is InChI=1S/C11H12FN3O3/c1-7-8(4-13-6-14-7)9(16)15-3-2-11(12,5-15)10(17)18/h4,6H,2-3,5H2,1H3,(H,17,18). The highest BCUT2D eigenvalue weighted by molar-refractivity contribution is 5.95. The predicted molar refractivity (Wildman–Crippen MR) is 58.8 cm³/mol. The molecule has 18 heavy (non-hydrogen) atoms. The maximum Gasteiger partial charge on any atom is 0.343 e. The van der Waals surface area contributed by atoms with E-state index in [0.29, 0.717) is 5.69 Å². The Bertz CT molecular complexity index is 508. The minimum Gasteiger partial charge on any atom is -0.479 e. The molecule has 1 amide bonds. The molecule has 0 aromatic carbocycles. The van der Waals surface area contributed by atoms with Gasteiger partial charge in [-0.3, -0.25) is 4.79 Å². The Hall–Kier alpha value is -2.05. The van der Waals surface area contributed by atoms with Crippen molar-refractivity contribution in [2.24, 2.45) is 0 Å². The normalized spacial score (nSPS) is 23.1. The number of hydrogen-bond donors (Lipinski definition) is 1. The van der Waals surface area contributed by atoms with E-state index in [2.05, 4.69) is 9.97 Å². The van der Waals surface area contributed by atoms with E-state index >= 15 is 0 Å². The number of aromatic nitrogens is 2. The van der Waals surface area contributed by atoms with Gasteiger partial charge in [-0.05, 0) is 6.92 Å². The van der Waals surface area contributed by atoms with E-state index in [9.17, 15) is 14.0 Å². The van der Waals surface area contributed by atoms with Gasteiger partial charge in [-0.25, -0.2) is 19.2 Å². The van der Waals surface area contributed by atoms with Crippen LogP contribution in [0.1, 0.15) is 22.5 Å². The topological polar surface area (TPSA) is 83.4 Å². The van der Waals surface area contributed by atoms with Gasteiger partial charge >= 0.3 is 5.97 Å². The first-order chi connectivity index (χ1) is 8.44. The highest BCUT2D eigenvalue weighted by Crippen LogP contribution is 2.27. The zero-order chi connectivity index (χ0) is 13.3. The lowest BCUT2D eigenvalue weighted by atomic mass is 10.1. The molecule has 1 atom stereocenters. The Morgan fingerprint density at radius 3 is 2.83 bits per heavy atom. The molecular formula is C11H12FN3O3. The number of halogens is 1. The molecule has 0 bridgehead atoms. The molecule has 1 N–H and O–H groups in total. The van der Waals surface area contributed by atoms with Crippen LogP contribution in [-0.2, 0) is 4.79 Å². The molecule has 1 aliphatic heterocycles. The van der Waals surface area contributed by atoms with Gasteiger partial charge in [-0.1, -0.05) is 0 Å². The maximum atomic E-state index is 13.8. The van der Waals surface area contributed by atoms with E-state index in [4.69, 9.17) is 5.11 Å². The summed E-state index contributed by atoms with van der Waals surface area (Å²) in [5, 5.41) is 8.76. The van der Waals surface area contributed by atoms with Gasteiger partial charge in [0.1, 0.15) is 6.33 Å². The molecule has 1 unspecified atom stereocenters. The molecule has 1 fully saturated rings. The second-order valence-electron chi connectivity index (χ2n) is 4.27. The van der Waals surface area contributed by atoms with Crippen LogP contribution in [0.4, 0.5) is 4.39 Å². The van der Waals surface area contributed by atoms with Crippen LogP contribution in [-0.4, -0.2) is 50.6 Å². The fraction of sp³-hybridized carbons (Fsp3) is 0.455.